The molecule has 5 rings (SSSR count). The summed E-state index contributed by atoms with van der Waals surface area (Å²) < 4.78 is 5.82. The number of fused-ring (bicyclic) bond motifs is 1. The van der Waals surface area contributed by atoms with Crippen LogP contribution in [0.1, 0.15) is 42.2 Å². The van der Waals surface area contributed by atoms with Crippen molar-refractivity contribution < 1.29 is 14.0 Å². The number of allylic oxidation sites excluding steroid dienone is 1. The zero-order valence-corrected chi connectivity index (χ0v) is 18.9. The fourth-order valence-electron chi connectivity index (χ4n) is 4.75. The Morgan fingerprint density at radius 1 is 1.09 bits per heavy atom. The van der Waals surface area contributed by atoms with Gasteiger partial charge in [0.15, 0.2) is 5.78 Å². The predicted molar refractivity (Wildman–Crippen MR) is 129 cm³/mol. The average molecular weight is 442 g/mol. The van der Waals surface area contributed by atoms with Crippen molar-refractivity contribution in [3.05, 3.63) is 89.0 Å². The topological polar surface area (TPSA) is 74.6 Å². The number of anilines is 3. The summed E-state index contributed by atoms with van der Waals surface area (Å²) in [6.45, 7) is 4.10. The molecule has 1 aliphatic heterocycles. The summed E-state index contributed by atoms with van der Waals surface area (Å²) in [4.78, 5) is 28.5. The second kappa shape index (κ2) is 8.62. The monoisotopic (exact) mass is 441 g/mol. The van der Waals surface area contributed by atoms with Crippen molar-refractivity contribution in [3.63, 3.8) is 0 Å². The predicted octanol–water partition coefficient (Wildman–Crippen LogP) is 5.52. The summed E-state index contributed by atoms with van der Waals surface area (Å²) in [5.74, 6) is 0.594. The van der Waals surface area contributed by atoms with E-state index in [1.165, 1.54) is 0 Å². The first kappa shape index (κ1) is 21.1. The van der Waals surface area contributed by atoms with Crippen LogP contribution in [0, 0.1) is 13.8 Å². The number of nitrogens with one attached hydrogen (secondary N) is 2. The Morgan fingerprint density at radius 2 is 1.94 bits per heavy atom. The van der Waals surface area contributed by atoms with Crippen LogP contribution in [-0.2, 0) is 9.59 Å². The van der Waals surface area contributed by atoms with Crippen LogP contribution in [0.5, 0.6) is 0 Å². The number of ketones is 1. The molecule has 0 radical (unpaired) electrons. The van der Waals surface area contributed by atoms with E-state index in [9.17, 15) is 9.59 Å². The number of nitrogens with zero attached hydrogens (tertiary/aromatic N) is 1. The van der Waals surface area contributed by atoms with Crippen molar-refractivity contribution >= 4 is 28.8 Å². The van der Waals surface area contributed by atoms with Crippen molar-refractivity contribution in [2.75, 3.05) is 22.1 Å². The van der Waals surface area contributed by atoms with Crippen LogP contribution in [0.3, 0.4) is 0 Å². The first-order valence-corrected chi connectivity index (χ1v) is 11.3. The molecule has 0 spiro atoms. The number of benzene rings is 2. The van der Waals surface area contributed by atoms with Crippen LogP contribution in [0.4, 0.5) is 17.1 Å². The first-order valence-electron chi connectivity index (χ1n) is 11.3. The highest BCUT2D eigenvalue weighted by atomic mass is 16.3. The highest BCUT2D eigenvalue weighted by Crippen LogP contribution is 2.44. The summed E-state index contributed by atoms with van der Waals surface area (Å²) in [7, 11) is 0. The third-order valence-corrected chi connectivity index (χ3v) is 6.55. The van der Waals surface area contributed by atoms with Crippen molar-refractivity contribution in [1.82, 2.24) is 0 Å². The van der Waals surface area contributed by atoms with Gasteiger partial charge in [-0.3, -0.25) is 9.59 Å². The molecule has 0 saturated heterocycles. The molecule has 2 aromatic carbocycles. The molecule has 1 atom stereocenters. The minimum Gasteiger partial charge on any atom is -0.467 e. The summed E-state index contributed by atoms with van der Waals surface area (Å²) >= 11 is 0. The molecule has 33 heavy (non-hydrogen) atoms. The van der Waals surface area contributed by atoms with Crippen molar-refractivity contribution in [2.45, 2.75) is 39.2 Å². The lowest BCUT2D eigenvalue weighted by Crippen LogP contribution is -2.38. The van der Waals surface area contributed by atoms with Crippen molar-refractivity contribution in [1.29, 1.82) is 0 Å². The third-order valence-electron chi connectivity index (χ3n) is 6.55. The molecule has 6 nitrogen and oxygen atoms in total. The van der Waals surface area contributed by atoms with E-state index in [2.05, 4.69) is 10.6 Å². The van der Waals surface area contributed by atoms with Crippen LogP contribution in [-0.4, -0.2) is 18.2 Å². The lowest BCUT2D eigenvalue weighted by atomic mass is 9.88. The van der Waals surface area contributed by atoms with Crippen LogP contribution in [0.2, 0.25) is 0 Å². The normalized spacial score (nSPS) is 17.7. The number of carbonyl (C=O) groups is 2. The smallest absolute Gasteiger partial charge is 0.243 e. The molecule has 168 valence electrons. The third kappa shape index (κ3) is 3.93. The number of para-hydroxylation sites is 2. The maximum atomic E-state index is 13.3. The summed E-state index contributed by atoms with van der Waals surface area (Å²) in [6.07, 6.45) is 3.71. The first-order chi connectivity index (χ1) is 16.0. The Hall–Kier alpha value is -3.80. The van der Waals surface area contributed by atoms with E-state index < -0.39 is 6.04 Å². The number of rotatable bonds is 4. The van der Waals surface area contributed by atoms with Gasteiger partial charge in [-0.05, 0) is 68.1 Å². The number of Topliss-reactive ketones (excluding diaryl/α,β-unsaturated/α-hetero) is 1. The second-order valence-corrected chi connectivity index (χ2v) is 8.65. The van der Waals surface area contributed by atoms with Crippen LogP contribution in [0.25, 0.3) is 0 Å². The van der Waals surface area contributed by atoms with Crippen LogP contribution < -0.4 is 15.5 Å². The summed E-state index contributed by atoms with van der Waals surface area (Å²) in [6, 6.07) is 17.0. The number of hydrogen-bond donors (Lipinski definition) is 2. The van der Waals surface area contributed by atoms with E-state index in [0.29, 0.717) is 17.8 Å². The zero-order chi connectivity index (χ0) is 22.9. The van der Waals surface area contributed by atoms with Gasteiger partial charge in [-0.15, -0.1) is 0 Å². The molecular formula is C27H27N3O3. The Kier molecular flexibility index (Phi) is 5.50. The molecule has 2 N–H and O–H groups in total. The van der Waals surface area contributed by atoms with E-state index in [1.54, 1.807) is 6.26 Å². The van der Waals surface area contributed by atoms with Crippen molar-refractivity contribution in [2.24, 2.45) is 0 Å². The van der Waals surface area contributed by atoms with Gasteiger partial charge in [-0.1, -0.05) is 24.3 Å². The van der Waals surface area contributed by atoms with Crippen LogP contribution in [0.15, 0.2) is 76.5 Å². The lowest BCUT2D eigenvalue weighted by molar-refractivity contribution is -0.117. The van der Waals surface area contributed by atoms with Gasteiger partial charge in [0.1, 0.15) is 11.8 Å². The minimum absolute atomic E-state index is 0.0709. The van der Waals surface area contributed by atoms with E-state index in [1.807, 2.05) is 73.3 Å². The van der Waals surface area contributed by atoms with Gasteiger partial charge in [0, 0.05) is 23.4 Å². The van der Waals surface area contributed by atoms with Gasteiger partial charge < -0.3 is 20.0 Å². The largest absolute Gasteiger partial charge is 0.467 e. The highest BCUT2D eigenvalue weighted by Gasteiger charge is 2.38. The van der Waals surface area contributed by atoms with Gasteiger partial charge >= 0.3 is 0 Å². The Bertz CT molecular complexity index is 1240. The molecule has 1 aromatic heterocycles. The molecule has 2 aliphatic rings. The standard InChI is InChI=1S/C27H27N3O3/c1-17-8-5-10-19(18(17)2)29-25(32)16-30-22-12-4-3-9-20(22)28-21-11-6-13-23(31)26(21)27(30)24-14-7-15-33-24/h3-5,7-10,12,14-15,27-28H,6,11,13,16H2,1-2H3,(H,29,32)/t27-/m0/s1. The number of aryl methyl sites for hydroxylation is 1. The number of furan rings is 1. The summed E-state index contributed by atoms with van der Waals surface area (Å²) in [5, 5.41) is 6.56. The van der Waals surface area contributed by atoms with Gasteiger partial charge in [0.05, 0.1) is 24.2 Å². The number of carbonyl (C=O) groups excluding carboxylic acids is 2. The molecule has 0 bridgehead atoms. The van der Waals surface area contributed by atoms with E-state index in [-0.39, 0.29) is 18.2 Å². The van der Waals surface area contributed by atoms with Crippen LogP contribution >= 0.6 is 0 Å². The lowest BCUT2D eigenvalue weighted by Gasteiger charge is -2.33. The quantitative estimate of drug-likeness (QED) is 0.558. The molecule has 6 heteroatoms. The van der Waals surface area contributed by atoms with E-state index >= 15 is 0 Å². The number of hydrogen-bond acceptors (Lipinski definition) is 5. The molecule has 3 aromatic rings. The Balaban J connectivity index is 1.58. The maximum Gasteiger partial charge on any atom is 0.243 e. The van der Waals surface area contributed by atoms with Gasteiger partial charge in [0.25, 0.3) is 0 Å². The molecule has 2 heterocycles. The molecule has 0 fully saturated rings. The SMILES string of the molecule is Cc1cccc(NC(=O)CN2c3ccccc3NC3=C(C(=O)CCC3)[C@@H]2c2ccco2)c1C. The average Bonchev–Trinajstić information content (AvgIpc) is 3.29. The Morgan fingerprint density at radius 3 is 2.76 bits per heavy atom. The molecule has 0 unspecified atom stereocenters. The minimum atomic E-state index is -0.483. The maximum absolute atomic E-state index is 13.3. The van der Waals surface area contributed by atoms with E-state index in [4.69, 9.17) is 4.42 Å². The Labute approximate surface area is 193 Å². The van der Waals surface area contributed by atoms with Gasteiger partial charge in [-0.2, -0.15) is 0 Å². The second-order valence-electron chi connectivity index (χ2n) is 8.65. The van der Waals surface area contributed by atoms with E-state index in [0.717, 1.165) is 46.7 Å². The fourth-order valence-corrected chi connectivity index (χ4v) is 4.75. The summed E-state index contributed by atoms with van der Waals surface area (Å²) in [5.41, 5.74) is 6.30. The molecule has 1 aliphatic carbocycles. The fraction of sp³-hybridized carbons (Fsp3) is 0.259. The molecule has 1 amide bonds. The van der Waals surface area contributed by atoms with Gasteiger partial charge in [0.2, 0.25) is 5.91 Å². The molecule has 0 saturated carbocycles. The molecular weight excluding hydrogens is 414 g/mol. The zero-order valence-electron chi connectivity index (χ0n) is 18.9. The van der Waals surface area contributed by atoms with Gasteiger partial charge in [-0.25, -0.2) is 0 Å². The van der Waals surface area contributed by atoms with Crippen molar-refractivity contribution in [3.8, 4) is 0 Å². The highest BCUT2D eigenvalue weighted by molar-refractivity contribution is 6.02. The number of amides is 1.